The third-order valence-electron chi connectivity index (χ3n) is 5.64. The minimum absolute atomic E-state index is 0. The maximum Gasteiger partial charge on any atom is 1.00 e. The van der Waals surface area contributed by atoms with Gasteiger partial charge in [-0.1, -0.05) is 83.9 Å². The van der Waals surface area contributed by atoms with Crippen LogP contribution >= 0.6 is 23.2 Å². The normalized spacial score (nSPS) is 11.4. The van der Waals surface area contributed by atoms with Crippen molar-refractivity contribution in [1.82, 2.24) is 15.3 Å². The number of carbonyl (C=O) groups excluding carboxylic acids is 2. The monoisotopic (exact) mass is 568 g/mol. The molecule has 192 valence electrons. The minimum atomic E-state index is -1.42. The summed E-state index contributed by atoms with van der Waals surface area (Å²) in [7, 11) is 0. The molecule has 0 radical (unpaired) electrons. The predicted molar refractivity (Wildman–Crippen MR) is 147 cm³/mol. The van der Waals surface area contributed by atoms with Crippen LogP contribution in [-0.4, -0.2) is 27.9 Å². The molecule has 3 aromatic carbocycles. The fraction of sp³-hybridized carbons (Fsp3) is 0.103. The second-order valence-corrected chi connectivity index (χ2v) is 9.11. The van der Waals surface area contributed by atoms with Crippen molar-refractivity contribution < 1.29 is 44.3 Å². The van der Waals surface area contributed by atoms with E-state index >= 15 is 0 Å². The number of aromatic nitrogens is 2. The van der Waals surface area contributed by atoms with Crippen molar-refractivity contribution in [2.75, 3.05) is 4.90 Å². The molecule has 1 amide bonds. The van der Waals surface area contributed by atoms with Gasteiger partial charge < -0.3 is 20.1 Å². The zero-order chi connectivity index (χ0) is 26.9. The molecule has 4 aromatic rings. The number of anilines is 2. The van der Waals surface area contributed by atoms with Crippen LogP contribution in [0.4, 0.5) is 11.6 Å². The summed E-state index contributed by atoms with van der Waals surface area (Å²) >= 11 is 12.1. The smallest absolute Gasteiger partial charge is 0.548 e. The topological polar surface area (TPSA) is 98.2 Å². The first-order valence-electron chi connectivity index (χ1n) is 11.7. The standard InChI is InChI=1S/C29H24Cl2N4O3.Na/c30-23-10-5-11-24(31)26(23)27(36)34-25(28(37)38)12-4-9-20-13-15-22(16-14-20)35(29-32-17-6-18-33-29)19-21-7-2-1-3-8-21;/h1-11,13-18,25H,12,19H2,(H,34,36)(H,37,38);/q;+1/p-1/b9-4+;. The average molecular weight is 569 g/mol. The summed E-state index contributed by atoms with van der Waals surface area (Å²) in [5.41, 5.74) is 2.87. The second-order valence-electron chi connectivity index (χ2n) is 8.29. The van der Waals surface area contributed by atoms with Gasteiger partial charge in [0.1, 0.15) is 0 Å². The summed E-state index contributed by atoms with van der Waals surface area (Å²) in [6, 6.07) is 22.8. The van der Waals surface area contributed by atoms with E-state index < -0.39 is 17.9 Å². The second kappa shape index (κ2) is 14.8. The number of carboxylic acids is 1. The molecule has 1 unspecified atom stereocenters. The number of carbonyl (C=O) groups is 2. The summed E-state index contributed by atoms with van der Waals surface area (Å²) in [4.78, 5) is 35.0. The first-order valence-corrected chi connectivity index (χ1v) is 12.5. The molecule has 1 N–H and O–H groups in total. The van der Waals surface area contributed by atoms with Crippen LogP contribution in [0.25, 0.3) is 6.08 Å². The van der Waals surface area contributed by atoms with Crippen LogP contribution in [0.2, 0.25) is 10.0 Å². The van der Waals surface area contributed by atoms with Crippen molar-refractivity contribution in [3.8, 4) is 0 Å². The van der Waals surface area contributed by atoms with Crippen molar-refractivity contribution in [2.24, 2.45) is 0 Å². The minimum Gasteiger partial charge on any atom is -0.548 e. The molecule has 39 heavy (non-hydrogen) atoms. The van der Waals surface area contributed by atoms with E-state index in [9.17, 15) is 14.7 Å². The van der Waals surface area contributed by atoms with E-state index in [2.05, 4.69) is 15.3 Å². The largest absolute Gasteiger partial charge is 1.00 e. The Bertz CT molecular complexity index is 1400. The van der Waals surface area contributed by atoms with Crippen LogP contribution in [-0.2, 0) is 11.3 Å². The number of carboxylic acid groups (broad SMARTS) is 1. The van der Waals surface area contributed by atoms with Crippen molar-refractivity contribution in [1.29, 1.82) is 0 Å². The van der Waals surface area contributed by atoms with E-state index in [0.29, 0.717) is 12.5 Å². The molecule has 7 nitrogen and oxygen atoms in total. The molecule has 0 aliphatic rings. The molecule has 1 heterocycles. The summed E-state index contributed by atoms with van der Waals surface area (Å²) in [6.07, 6.45) is 6.84. The fourth-order valence-electron chi connectivity index (χ4n) is 3.74. The van der Waals surface area contributed by atoms with Crippen LogP contribution in [0.1, 0.15) is 27.9 Å². The van der Waals surface area contributed by atoms with Crippen molar-refractivity contribution in [3.05, 3.63) is 124 Å². The predicted octanol–water partition coefficient (Wildman–Crippen LogP) is 2.08. The maximum absolute atomic E-state index is 12.6. The molecule has 0 saturated carbocycles. The molecule has 0 fully saturated rings. The van der Waals surface area contributed by atoms with Gasteiger partial charge in [0.2, 0.25) is 5.95 Å². The molecule has 0 saturated heterocycles. The summed E-state index contributed by atoms with van der Waals surface area (Å²) in [6.45, 7) is 0.586. The molecule has 10 heteroatoms. The third-order valence-corrected chi connectivity index (χ3v) is 6.27. The van der Waals surface area contributed by atoms with Gasteiger partial charge in [-0.05, 0) is 47.9 Å². The van der Waals surface area contributed by atoms with E-state index in [1.54, 1.807) is 36.7 Å². The zero-order valence-corrected chi connectivity index (χ0v) is 24.6. The SMILES string of the molecule is O=C(NC(C/C=C/c1ccc(N(Cc2ccccc2)c2ncccn2)cc1)C(=O)[O-])c1c(Cl)cccc1Cl.[Na+]. The molecule has 0 spiro atoms. The van der Waals surface area contributed by atoms with E-state index in [0.717, 1.165) is 16.8 Å². The molecule has 4 rings (SSSR count). The third kappa shape index (κ3) is 8.39. The van der Waals surface area contributed by atoms with Crippen molar-refractivity contribution in [2.45, 2.75) is 19.0 Å². The number of nitrogens with one attached hydrogen (secondary N) is 1. The van der Waals surface area contributed by atoms with Crippen LogP contribution in [0, 0.1) is 0 Å². The summed E-state index contributed by atoms with van der Waals surface area (Å²) in [5.74, 6) is -1.53. The Hall–Kier alpha value is -3.20. The first-order chi connectivity index (χ1) is 18.4. The number of aliphatic carboxylic acids is 1. The van der Waals surface area contributed by atoms with Crippen LogP contribution in [0.15, 0.2) is 97.3 Å². The quantitative estimate of drug-likeness (QED) is 0.294. The number of amides is 1. The fourth-order valence-corrected chi connectivity index (χ4v) is 4.31. The van der Waals surface area contributed by atoms with Gasteiger partial charge in [-0.3, -0.25) is 4.79 Å². The Morgan fingerprint density at radius 3 is 2.15 bits per heavy atom. The first kappa shape index (κ1) is 30.3. The van der Waals surface area contributed by atoms with Gasteiger partial charge in [-0.2, -0.15) is 0 Å². The Balaban J connectivity index is 0.00000420. The number of halogens is 2. The number of nitrogens with zero attached hydrogens (tertiary/aromatic N) is 3. The van der Waals surface area contributed by atoms with Gasteiger partial charge in [0.15, 0.2) is 0 Å². The molecular formula is C29H23Cl2N4NaO3. The number of hydrogen-bond donors (Lipinski definition) is 1. The Morgan fingerprint density at radius 2 is 1.54 bits per heavy atom. The van der Waals surface area contributed by atoms with E-state index in [-0.39, 0.29) is 51.6 Å². The number of benzene rings is 3. The Kier molecular flexibility index (Phi) is 11.5. The van der Waals surface area contributed by atoms with Crippen molar-refractivity contribution >= 4 is 52.8 Å². The zero-order valence-electron chi connectivity index (χ0n) is 21.1. The number of rotatable bonds is 10. The molecule has 1 aromatic heterocycles. The van der Waals surface area contributed by atoms with Gasteiger partial charge >= 0.3 is 29.6 Å². The van der Waals surface area contributed by atoms with Crippen LogP contribution in [0.3, 0.4) is 0 Å². The molecule has 0 aliphatic heterocycles. The van der Waals surface area contributed by atoms with E-state index in [1.165, 1.54) is 12.1 Å². The van der Waals surface area contributed by atoms with Gasteiger partial charge in [0.05, 0.1) is 34.2 Å². The molecule has 1 atom stereocenters. The van der Waals surface area contributed by atoms with Gasteiger partial charge in [0, 0.05) is 18.1 Å². The van der Waals surface area contributed by atoms with E-state index in [1.807, 2.05) is 59.5 Å². The number of hydrogen-bond acceptors (Lipinski definition) is 6. The molecular weight excluding hydrogens is 546 g/mol. The average Bonchev–Trinajstić information content (AvgIpc) is 2.92. The maximum atomic E-state index is 12.6. The van der Waals surface area contributed by atoms with Crippen molar-refractivity contribution in [3.63, 3.8) is 0 Å². The van der Waals surface area contributed by atoms with Gasteiger partial charge in [-0.25, -0.2) is 9.97 Å². The van der Waals surface area contributed by atoms with Gasteiger partial charge in [-0.15, -0.1) is 0 Å². The Labute approximate surface area is 258 Å². The molecule has 0 aliphatic carbocycles. The van der Waals surface area contributed by atoms with Crippen LogP contribution in [0.5, 0.6) is 0 Å². The Morgan fingerprint density at radius 1 is 0.897 bits per heavy atom. The summed E-state index contributed by atoms with van der Waals surface area (Å²) in [5, 5.41) is 14.3. The van der Waals surface area contributed by atoms with Crippen LogP contribution < -0.4 is 44.9 Å². The van der Waals surface area contributed by atoms with Gasteiger partial charge in [0.25, 0.3) is 5.91 Å². The van der Waals surface area contributed by atoms with E-state index in [4.69, 9.17) is 23.2 Å². The summed E-state index contributed by atoms with van der Waals surface area (Å²) < 4.78 is 0. The molecule has 0 bridgehead atoms.